The highest BCUT2D eigenvalue weighted by Crippen LogP contribution is 2.29. The van der Waals surface area contributed by atoms with E-state index >= 15 is 0 Å². The molecular weight excluding hydrogens is 312 g/mol. The Kier molecular flexibility index (Phi) is 6.65. The van der Waals surface area contributed by atoms with E-state index in [4.69, 9.17) is 4.74 Å². The summed E-state index contributed by atoms with van der Waals surface area (Å²) < 4.78 is 5.61. The van der Waals surface area contributed by atoms with Gasteiger partial charge in [-0.05, 0) is 38.5 Å². The predicted molar refractivity (Wildman–Crippen MR) is 102 cm³/mol. The van der Waals surface area contributed by atoms with Crippen LogP contribution in [0.4, 0.5) is 5.69 Å². The summed E-state index contributed by atoms with van der Waals surface area (Å²) in [5.41, 5.74) is 1.17. The van der Waals surface area contributed by atoms with Crippen molar-refractivity contribution in [2.45, 2.75) is 58.4 Å². The molecule has 0 unspecified atom stereocenters. The van der Waals surface area contributed by atoms with Gasteiger partial charge in [-0.2, -0.15) is 0 Å². The summed E-state index contributed by atoms with van der Waals surface area (Å²) in [5, 5.41) is 0. The molecule has 0 atom stereocenters. The molecule has 1 aromatic rings. The van der Waals surface area contributed by atoms with Gasteiger partial charge < -0.3 is 9.64 Å². The van der Waals surface area contributed by atoms with E-state index in [1.807, 2.05) is 12.4 Å². The Labute approximate surface area is 152 Å². The third kappa shape index (κ3) is 4.91. The third-order valence-corrected chi connectivity index (χ3v) is 5.74. The minimum Gasteiger partial charge on any atom is -0.381 e. The second-order valence-corrected chi connectivity index (χ2v) is 7.81. The standard InChI is InChI=1S/C20H34N4O/c1-4-25-15-17-5-7-18(8-6-17)23-9-11-24(12-10-23)19-13-21-20(16(2)3)22-14-19/h13-14,16-18H,4-12,15H2,1-3H3. The van der Waals surface area contributed by atoms with Gasteiger partial charge in [0, 0.05) is 51.4 Å². The fourth-order valence-corrected chi connectivity index (χ4v) is 4.10. The summed E-state index contributed by atoms with van der Waals surface area (Å²) in [5.74, 6) is 2.11. The summed E-state index contributed by atoms with van der Waals surface area (Å²) >= 11 is 0. The van der Waals surface area contributed by atoms with Gasteiger partial charge >= 0.3 is 0 Å². The number of aromatic nitrogens is 2. The topological polar surface area (TPSA) is 41.5 Å². The maximum atomic E-state index is 5.61. The van der Waals surface area contributed by atoms with Crippen molar-refractivity contribution >= 4 is 5.69 Å². The average molecular weight is 347 g/mol. The first-order valence-corrected chi connectivity index (χ1v) is 10.1. The number of rotatable bonds is 6. The summed E-state index contributed by atoms with van der Waals surface area (Å²) in [6, 6.07) is 0.777. The van der Waals surface area contributed by atoms with Gasteiger partial charge in [0.2, 0.25) is 0 Å². The van der Waals surface area contributed by atoms with Gasteiger partial charge in [-0.25, -0.2) is 9.97 Å². The maximum Gasteiger partial charge on any atom is 0.130 e. The van der Waals surface area contributed by atoms with Crippen molar-refractivity contribution in [3.8, 4) is 0 Å². The van der Waals surface area contributed by atoms with Crippen LogP contribution in [-0.4, -0.2) is 60.3 Å². The molecule has 0 aromatic carbocycles. The normalized spacial score (nSPS) is 25.5. The van der Waals surface area contributed by atoms with Gasteiger partial charge in [0.05, 0.1) is 18.1 Å². The molecule has 1 aromatic heterocycles. The lowest BCUT2D eigenvalue weighted by molar-refractivity contribution is 0.0679. The zero-order valence-corrected chi connectivity index (χ0v) is 16.2. The highest BCUT2D eigenvalue weighted by Gasteiger charge is 2.28. The van der Waals surface area contributed by atoms with Crippen LogP contribution >= 0.6 is 0 Å². The van der Waals surface area contributed by atoms with Gasteiger partial charge in [-0.15, -0.1) is 0 Å². The van der Waals surface area contributed by atoms with Crippen LogP contribution in [0.15, 0.2) is 12.4 Å². The molecule has 0 bridgehead atoms. The van der Waals surface area contributed by atoms with Crippen LogP contribution in [0.3, 0.4) is 0 Å². The van der Waals surface area contributed by atoms with Crippen LogP contribution < -0.4 is 4.90 Å². The van der Waals surface area contributed by atoms with E-state index in [0.29, 0.717) is 5.92 Å². The highest BCUT2D eigenvalue weighted by molar-refractivity contribution is 5.42. The van der Waals surface area contributed by atoms with Gasteiger partial charge in [0.25, 0.3) is 0 Å². The predicted octanol–water partition coefficient (Wildman–Crippen LogP) is 3.32. The molecule has 1 aliphatic carbocycles. The Morgan fingerprint density at radius 1 is 1.04 bits per heavy atom. The van der Waals surface area contributed by atoms with Crippen LogP contribution in [0.25, 0.3) is 0 Å². The first-order chi connectivity index (χ1) is 12.2. The average Bonchev–Trinajstić information content (AvgIpc) is 2.67. The largest absolute Gasteiger partial charge is 0.381 e. The molecule has 0 spiro atoms. The number of hydrogen-bond acceptors (Lipinski definition) is 5. The number of ether oxygens (including phenoxy) is 1. The number of hydrogen-bond donors (Lipinski definition) is 0. The fourth-order valence-electron chi connectivity index (χ4n) is 4.10. The SMILES string of the molecule is CCOCC1CCC(N2CCN(c3cnc(C(C)C)nc3)CC2)CC1. The van der Waals surface area contributed by atoms with E-state index in [9.17, 15) is 0 Å². The van der Waals surface area contributed by atoms with Crippen LogP contribution in [0.2, 0.25) is 0 Å². The lowest BCUT2D eigenvalue weighted by atomic mass is 9.85. The maximum absolute atomic E-state index is 5.61. The summed E-state index contributed by atoms with van der Waals surface area (Å²) in [7, 11) is 0. The monoisotopic (exact) mass is 346 g/mol. The Balaban J connectivity index is 1.44. The fraction of sp³-hybridized carbons (Fsp3) is 0.800. The molecule has 2 fully saturated rings. The van der Waals surface area contributed by atoms with Gasteiger partial charge in [0.15, 0.2) is 0 Å². The van der Waals surface area contributed by atoms with Crippen molar-refractivity contribution in [1.29, 1.82) is 0 Å². The molecule has 5 nitrogen and oxygen atoms in total. The van der Waals surface area contributed by atoms with Crippen molar-refractivity contribution < 1.29 is 4.74 Å². The second-order valence-electron chi connectivity index (χ2n) is 7.81. The van der Waals surface area contributed by atoms with E-state index in [2.05, 4.69) is 40.5 Å². The molecule has 0 radical (unpaired) electrons. The highest BCUT2D eigenvalue weighted by atomic mass is 16.5. The van der Waals surface area contributed by atoms with Gasteiger partial charge in [-0.3, -0.25) is 4.90 Å². The van der Waals surface area contributed by atoms with Crippen molar-refractivity contribution in [3.05, 3.63) is 18.2 Å². The van der Waals surface area contributed by atoms with Crippen molar-refractivity contribution in [1.82, 2.24) is 14.9 Å². The van der Waals surface area contributed by atoms with Crippen molar-refractivity contribution in [3.63, 3.8) is 0 Å². The second kappa shape index (κ2) is 8.95. The van der Waals surface area contributed by atoms with Gasteiger partial charge in [0.1, 0.15) is 5.82 Å². The number of anilines is 1. The molecular formula is C20H34N4O. The first kappa shape index (κ1) is 18.6. The molecule has 25 heavy (non-hydrogen) atoms. The zero-order chi connectivity index (χ0) is 17.6. The molecule has 3 rings (SSSR count). The molecule has 2 heterocycles. The van der Waals surface area contributed by atoms with Crippen LogP contribution in [-0.2, 0) is 4.74 Å². The Morgan fingerprint density at radius 3 is 2.24 bits per heavy atom. The van der Waals surface area contributed by atoms with Crippen molar-refractivity contribution in [2.24, 2.45) is 5.92 Å². The lowest BCUT2D eigenvalue weighted by Crippen LogP contribution is -2.51. The smallest absolute Gasteiger partial charge is 0.130 e. The minimum absolute atomic E-state index is 0.392. The Bertz CT molecular complexity index is 503. The van der Waals surface area contributed by atoms with E-state index in [0.717, 1.165) is 57.2 Å². The van der Waals surface area contributed by atoms with E-state index in [1.165, 1.54) is 31.4 Å². The van der Waals surface area contributed by atoms with E-state index in [1.54, 1.807) is 0 Å². The molecule has 140 valence electrons. The summed E-state index contributed by atoms with van der Waals surface area (Å²) in [6.07, 6.45) is 9.33. The molecule has 5 heteroatoms. The van der Waals surface area contributed by atoms with E-state index in [-0.39, 0.29) is 0 Å². The Morgan fingerprint density at radius 2 is 1.68 bits per heavy atom. The molecule has 1 saturated carbocycles. The van der Waals surface area contributed by atoms with Crippen LogP contribution in [0.1, 0.15) is 58.2 Å². The summed E-state index contributed by atoms with van der Waals surface area (Å²) in [4.78, 5) is 14.2. The van der Waals surface area contributed by atoms with Crippen LogP contribution in [0.5, 0.6) is 0 Å². The molecule has 1 aliphatic heterocycles. The molecule has 0 N–H and O–H groups in total. The van der Waals surface area contributed by atoms with Crippen molar-refractivity contribution in [2.75, 3.05) is 44.3 Å². The first-order valence-electron chi connectivity index (χ1n) is 10.1. The zero-order valence-electron chi connectivity index (χ0n) is 16.2. The van der Waals surface area contributed by atoms with Gasteiger partial charge in [-0.1, -0.05) is 13.8 Å². The quantitative estimate of drug-likeness (QED) is 0.790. The van der Waals surface area contributed by atoms with Crippen LogP contribution in [0, 0.1) is 5.92 Å². The molecule has 2 aliphatic rings. The number of piperazine rings is 1. The Hall–Kier alpha value is -1.20. The number of nitrogens with zero attached hydrogens (tertiary/aromatic N) is 4. The third-order valence-electron chi connectivity index (χ3n) is 5.74. The summed E-state index contributed by atoms with van der Waals surface area (Å²) in [6.45, 7) is 12.7. The molecule has 1 saturated heterocycles. The molecule has 0 amide bonds. The lowest BCUT2D eigenvalue weighted by Gasteiger charge is -2.42. The minimum atomic E-state index is 0.392. The van der Waals surface area contributed by atoms with E-state index < -0.39 is 0 Å².